The lowest BCUT2D eigenvalue weighted by Gasteiger charge is -2.40. The van der Waals surface area contributed by atoms with Crippen LogP contribution in [0.15, 0.2) is 48.5 Å². The van der Waals surface area contributed by atoms with Crippen LogP contribution in [0.3, 0.4) is 0 Å². The number of carbonyl (C=O) groups is 2. The Bertz CT molecular complexity index is 891. The topological polar surface area (TPSA) is 94.1 Å². The lowest BCUT2D eigenvalue weighted by Crippen LogP contribution is -2.60. The molecule has 2 aliphatic rings. The Kier molecular flexibility index (Phi) is 5.74. The van der Waals surface area contributed by atoms with Gasteiger partial charge in [-0.3, -0.25) is 0 Å². The van der Waals surface area contributed by atoms with E-state index in [1.165, 1.54) is 7.11 Å². The van der Waals surface area contributed by atoms with Gasteiger partial charge in [0.2, 0.25) is 0 Å². The highest BCUT2D eigenvalue weighted by molar-refractivity contribution is 5.82. The van der Waals surface area contributed by atoms with Gasteiger partial charge in [-0.25, -0.2) is 9.59 Å². The molecule has 2 aromatic carbocycles. The normalized spacial score (nSPS) is 18.2. The molecule has 30 heavy (non-hydrogen) atoms. The number of carbonyl (C=O) groups excluding carboxylic acids is 1. The predicted molar refractivity (Wildman–Crippen MR) is 109 cm³/mol. The summed E-state index contributed by atoms with van der Waals surface area (Å²) in [4.78, 5) is 24.5. The van der Waals surface area contributed by atoms with Crippen molar-refractivity contribution in [2.45, 2.75) is 30.4 Å². The molecule has 4 rings (SSSR count). The summed E-state index contributed by atoms with van der Waals surface area (Å²) >= 11 is 0. The fraction of sp³-hybridized carbons (Fsp3) is 0.391. The molecule has 1 unspecified atom stereocenters. The van der Waals surface area contributed by atoms with Crippen LogP contribution in [0.5, 0.6) is 0 Å². The third-order valence-corrected chi connectivity index (χ3v) is 6.12. The summed E-state index contributed by atoms with van der Waals surface area (Å²) in [5.41, 5.74) is 3.44. The van der Waals surface area contributed by atoms with E-state index in [0.29, 0.717) is 26.1 Å². The zero-order valence-corrected chi connectivity index (χ0v) is 16.8. The van der Waals surface area contributed by atoms with Gasteiger partial charge in [0, 0.05) is 39.1 Å². The Hall–Kier alpha value is -2.90. The first-order valence-corrected chi connectivity index (χ1v) is 10.0. The molecule has 1 atom stereocenters. The second-order valence-corrected chi connectivity index (χ2v) is 7.62. The molecule has 158 valence electrons. The van der Waals surface area contributed by atoms with Gasteiger partial charge in [0.15, 0.2) is 6.04 Å². The van der Waals surface area contributed by atoms with Crippen molar-refractivity contribution in [2.24, 2.45) is 0 Å². The smallest absolute Gasteiger partial charge is 0.407 e. The molecule has 1 aliphatic carbocycles. The summed E-state index contributed by atoms with van der Waals surface area (Å²) in [6.45, 7) is 0.878. The van der Waals surface area contributed by atoms with Gasteiger partial charge in [0.1, 0.15) is 12.2 Å². The molecule has 1 heterocycles. The molecule has 2 aromatic rings. The van der Waals surface area contributed by atoms with E-state index in [0.717, 1.165) is 22.3 Å². The first kappa shape index (κ1) is 20.4. The SMILES string of the molecule is COC1(C(NC(=O)OCC2c3ccccc3-c3ccccc32)C(=O)O)CCOCC1. The van der Waals surface area contributed by atoms with Gasteiger partial charge in [-0.1, -0.05) is 48.5 Å². The second-order valence-electron chi connectivity index (χ2n) is 7.62. The second kappa shape index (κ2) is 8.45. The molecule has 1 amide bonds. The molecule has 1 saturated heterocycles. The zero-order valence-electron chi connectivity index (χ0n) is 16.8. The van der Waals surface area contributed by atoms with Crippen molar-refractivity contribution in [3.63, 3.8) is 0 Å². The lowest BCUT2D eigenvalue weighted by atomic mass is 9.86. The molecule has 0 spiro atoms. The maximum absolute atomic E-state index is 12.6. The first-order chi connectivity index (χ1) is 14.6. The molecular formula is C23H25NO6. The van der Waals surface area contributed by atoms with E-state index in [2.05, 4.69) is 17.4 Å². The monoisotopic (exact) mass is 411 g/mol. The Morgan fingerprint density at radius 3 is 2.20 bits per heavy atom. The summed E-state index contributed by atoms with van der Waals surface area (Å²) < 4.78 is 16.4. The van der Waals surface area contributed by atoms with Gasteiger partial charge >= 0.3 is 12.1 Å². The molecular weight excluding hydrogens is 386 g/mol. The average Bonchev–Trinajstić information content (AvgIpc) is 3.10. The standard InChI is InChI=1S/C23H25NO6/c1-28-23(10-12-29-13-11-23)20(21(25)26)24-22(27)30-14-19-17-8-4-2-6-15(17)16-7-3-5-9-18(16)19/h2-9,19-20H,10-14H2,1H3,(H,24,27)(H,25,26). The predicted octanol–water partition coefficient (Wildman–Crippen LogP) is 3.17. The number of alkyl carbamates (subject to hydrolysis) is 1. The molecule has 1 fully saturated rings. The van der Waals surface area contributed by atoms with Gasteiger partial charge in [0.25, 0.3) is 0 Å². The largest absolute Gasteiger partial charge is 0.480 e. The van der Waals surface area contributed by atoms with Crippen LogP contribution >= 0.6 is 0 Å². The van der Waals surface area contributed by atoms with Crippen LogP contribution in [-0.2, 0) is 19.0 Å². The molecule has 2 N–H and O–H groups in total. The number of fused-ring (bicyclic) bond motifs is 3. The van der Waals surface area contributed by atoms with E-state index in [4.69, 9.17) is 14.2 Å². The minimum atomic E-state index is -1.22. The van der Waals surface area contributed by atoms with E-state index >= 15 is 0 Å². The third kappa shape index (κ3) is 3.66. The number of nitrogens with one attached hydrogen (secondary N) is 1. The number of rotatable bonds is 6. The average molecular weight is 411 g/mol. The minimum Gasteiger partial charge on any atom is -0.480 e. The maximum atomic E-state index is 12.6. The summed E-state index contributed by atoms with van der Waals surface area (Å²) in [5, 5.41) is 12.2. The number of aliphatic carboxylic acids is 1. The Morgan fingerprint density at radius 1 is 1.10 bits per heavy atom. The summed E-state index contributed by atoms with van der Waals surface area (Å²) in [5.74, 6) is -1.25. The van der Waals surface area contributed by atoms with Crippen molar-refractivity contribution in [3.05, 3.63) is 59.7 Å². The van der Waals surface area contributed by atoms with Crippen LogP contribution in [0.2, 0.25) is 0 Å². The van der Waals surface area contributed by atoms with Crippen molar-refractivity contribution in [1.82, 2.24) is 5.32 Å². The lowest BCUT2D eigenvalue weighted by molar-refractivity contribution is -0.157. The molecule has 0 bridgehead atoms. The molecule has 0 radical (unpaired) electrons. The molecule has 7 heteroatoms. The zero-order chi connectivity index (χ0) is 21.1. The Balaban J connectivity index is 1.47. The van der Waals surface area contributed by atoms with Crippen LogP contribution < -0.4 is 5.32 Å². The van der Waals surface area contributed by atoms with E-state index in [9.17, 15) is 14.7 Å². The molecule has 0 saturated carbocycles. The number of methoxy groups -OCH3 is 1. The number of ether oxygens (including phenoxy) is 3. The van der Waals surface area contributed by atoms with Crippen molar-refractivity contribution in [3.8, 4) is 11.1 Å². The maximum Gasteiger partial charge on any atom is 0.407 e. The number of hydrogen-bond acceptors (Lipinski definition) is 5. The van der Waals surface area contributed by atoms with Crippen LogP contribution in [0.25, 0.3) is 11.1 Å². The van der Waals surface area contributed by atoms with E-state index in [1.807, 2.05) is 36.4 Å². The fourth-order valence-electron chi connectivity index (χ4n) is 4.50. The molecule has 0 aromatic heterocycles. The summed E-state index contributed by atoms with van der Waals surface area (Å²) in [7, 11) is 1.46. The van der Waals surface area contributed by atoms with Gasteiger partial charge < -0.3 is 24.6 Å². The summed E-state index contributed by atoms with van der Waals surface area (Å²) in [6, 6.07) is 14.9. The van der Waals surface area contributed by atoms with Crippen LogP contribution in [0.1, 0.15) is 29.9 Å². The fourth-order valence-corrected chi connectivity index (χ4v) is 4.50. The van der Waals surface area contributed by atoms with Crippen LogP contribution in [0, 0.1) is 0 Å². The third-order valence-electron chi connectivity index (χ3n) is 6.12. The van der Waals surface area contributed by atoms with E-state index < -0.39 is 23.7 Å². The van der Waals surface area contributed by atoms with Crippen molar-refractivity contribution < 1.29 is 28.9 Å². The minimum absolute atomic E-state index is 0.0918. The first-order valence-electron chi connectivity index (χ1n) is 10.0. The number of amides is 1. The van der Waals surface area contributed by atoms with Gasteiger partial charge in [-0.2, -0.15) is 0 Å². The quantitative estimate of drug-likeness (QED) is 0.758. The van der Waals surface area contributed by atoms with Gasteiger partial charge in [-0.05, 0) is 22.3 Å². The molecule has 7 nitrogen and oxygen atoms in total. The highest BCUT2D eigenvalue weighted by Gasteiger charge is 2.46. The number of benzene rings is 2. The summed E-state index contributed by atoms with van der Waals surface area (Å²) in [6.07, 6.45) is -0.0130. The highest BCUT2D eigenvalue weighted by Crippen LogP contribution is 2.44. The molecule has 1 aliphatic heterocycles. The Labute approximate surface area is 174 Å². The highest BCUT2D eigenvalue weighted by atomic mass is 16.6. The number of carboxylic acid groups (broad SMARTS) is 1. The van der Waals surface area contributed by atoms with Crippen LogP contribution in [-0.4, -0.2) is 55.7 Å². The van der Waals surface area contributed by atoms with E-state index in [1.54, 1.807) is 0 Å². The van der Waals surface area contributed by atoms with Gasteiger partial charge in [0.05, 0.1) is 0 Å². The number of carboxylic acids is 1. The van der Waals surface area contributed by atoms with Crippen molar-refractivity contribution >= 4 is 12.1 Å². The van der Waals surface area contributed by atoms with Crippen molar-refractivity contribution in [1.29, 1.82) is 0 Å². The number of hydrogen-bond donors (Lipinski definition) is 2. The van der Waals surface area contributed by atoms with Crippen LogP contribution in [0.4, 0.5) is 4.79 Å². The Morgan fingerprint density at radius 2 is 1.67 bits per heavy atom. The van der Waals surface area contributed by atoms with E-state index in [-0.39, 0.29) is 12.5 Å². The van der Waals surface area contributed by atoms with Crippen molar-refractivity contribution in [2.75, 3.05) is 26.9 Å². The van der Waals surface area contributed by atoms with Gasteiger partial charge in [-0.15, -0.1) is 0 Å².